The van der Waals surface area contributed by atoms with Crippen molar-refractivity contribution in [1.82, 2.24) is 10.2 Å². The number of hydrogen-bond donors (Lipinski definition) is 1. The zero-order chi connectivity index (χ0) is 11.8. The average molecular weight is 226 g/mol. The van der Waals surface area contributed by atoms with E-state index in [1.54, 1.807) is 0 Å². The molecule has 0 aromatic heterocycles. The Morgan fingerprint density at radius 2 is 1.94 bits per heavy atom. The summed E-state index contributed by atoms with van der Waals surface area (Å²) in [6.45, 7) is 6.95. The van der Waals surface area contributed by atoms with Crippen LogP contribution in [0.1, 0.15) is 58.8 Å². The van der Waals surface area contributed by atoms with Gasteiger partial charge >= 0.3 is 0 Å². The van der Waals surface area contributed by atoms with Crippen molar-refractivity contribution in [3.8, 4) is 0 Å². The number of hydrogen-bond acceptors (Lipinski definition) is 2. The molecule has 96 valence electrons. The fourth-order valence-corrected chi connectivity index (χ4v) is 2.63. The van der Waals surface area contributed by atoms with E-state index in [0.717, 1.165) is 12.6 Å². The lowest BCUT2D eigenvalue weighted by Crippen LogP contribution is -2.43. The Balaban J connectivity index is 2.06. The summed E-state index contributed by atoms with van der Waals surface area (Å²) in [5.74, 6) is 0. The number of nitrogens with zero attached hydrogens (tertiary/aromatic N) is 1. The molecule has 1 aliphatic carbocycles. The van der Waals surface area contributed by atoms with Gasteiger partial charge in [0.15, 0.2) is 0 Å². The highest BCUT2D eigenvalue weighted by Crippen LogP contribution is 2.23. The molecule has 0 radical (unpaired) electrons. The highest BCUT2D eigenvalue weighted by molar-refractivity contribution is 4.79. The molecular weight excluding hydrogens is 196 g/mol. The molecule has 1 saturated carbocycles. The average Bonchev–Trinajstić information content (AvgIpc) is 2.81. The van der Waals surface area contributed by atoms with Gasteiger partial charge in [0.05, 0.1) is 0 Å². The topological polar surface area (TPSA) is 15.3 Å². The molecule has 0 aromatic carbocycles. The van der Waals surface area contributed by atoms with Crippen LogP contribution in [0.5, 0.6) is 0 Å². The van der Waals surface area contributed by atoms with Crippen LogP contribution in [-0.2, 0) is 0 Å². The maximum absolute atomic E-state index is 3.58. The standard InChI is InChI=1S/C14H30N2/c1-4-5-8-11-15-12-13(2)16(3)14-9-6-7-10-14/h13-15H,4-12H2,1-3H3. The Bertz CT molecular complexity index is 164. The molecule has 1 N–H and O–H groups in total. The van der Waals surface area contributed by atoms with Crippen LogP contribution in [0.4, 0.5) is 0 Å². The molecule has 1 aliphatic rings. The van der Waals surface area contributed by atoms with E-state index in [0.29, 0.717) is 6.04 Å². The fraction of sp³-hybridized carbons (Fsp3) is 1.00. The molecule has 0 amide bonds. The fourth-order valence-electron chi connectivity index (χ4n) is 2.63. The third-order valence-corrected chi connectivity index (χ3v) is 3.99. The summed E-state index contributed by atoms with van der Waals surface area (Å²) in [6, 6.07) is 1.54. The van der Waals surface area contributed by atoms with Crippen molar-refractivity contribution >= 4 is 0 Å². The zero-order valence-electron chi connectivity index (χ0n) is 11.5. The van der Waals surface area contributed by atoms with E-state index >= 15 is 0 Å². The van der Waals surface area contributed by atoms with Gasteiger partial charge in [0.1, 0.15) is 0 Å². The second-order valence-electron chi connectivity index (χ2n) is 5.36. The van der Waals surface area contributed by atoms with Crippen LogP contribution in [0.25, 0.3) is 0 Å². The van der Waals surface area contributed by atoms with Gasteiger partial charge < -0.3 is 5.32 Å². The summed E-state index contributed by atoms with van der Waals surface area (Å²) in [5, 5.41) is 3.58. The Labute approximate surface area is 102 Å². The number of unbranched alkanes of at least 4 members (excludes halogenated alkanes) is 2. The van der Waals surface area contributed by atoms with Gasteiger partial charge in [-0.3, -0.25) is 4.90 Å². The molecule has 2 nitrogen and oxygen atoms in total. The molecule has 1 fully saturated rings. The maximum atomic E-state index is 3.58. The molecule has 0 aromatic rings. The molecule has 0 aliphatic heterocycles. The summed E-state index contributed by atoms with van der Waals surface area (Å²) in [7, 11) is 2.30. The van der Waals surface area contributed by atoms with Crippen molar-refractivity contribution < 1.29 is 0 Å². The minimum Gasteiger partial charge on any atom is -0.315 e. The van der Waals surface area contributed by atoms with E-state index in [9.17, 15) is 0 Å². The van der Waals surface area contributed by atoms with Gasteiger partial charge in [-0.05, 0) is 39.8 Å². The van der Waals surface area contributed by atoms with Gasteiger partial charge in [0.2, 0.25) is 0 Å². The van der Waals surface area contributed by atoms with Crippen molar-refractivity contribution in [2.75, 3.05) is 20.1 Å². The highest BCUT2D eigenvalue weighted by Gasteiger charge is 2.22. The first-order valence-electron chi connectivity index (χ1n) is 7.18. The number of nitrogens with one attached hydrogen (secondary N) is 1. The van der Waals surface area contributed by atoms with E-state index in [-0.39, 0.29) is 0 Å². The van der Waals surface area contributed by atoms with Gasteiger partial charge in [0.25, 0.3) is 0 Å². The number of likely N-dealkylation sites (N-methyl/N-ethyl adjacent to an activating group) is 1. The highest BCUT2D eigenvalue weighted by atomic mass is 15.2. The van der Waals surface area contributed by atoms with Crippen molar-refractivity contribution in [2.24, 2.45) is 0 Å². The van der Waals surface area contributed by atoms with Gasteiger partial charge in [-0.1, -0.05) is 32.6 Å². The van der Waals surface area contributed by atoms with Gasteiger partial charge in [-0.25, -0.2) is 0 Å². The largest absolute Gasteiger partial charge is 0.315 e. The predicted octanol–water partition coefficient (Wildman–Crippen LogP) is 3.03. The van der Waals surface area contributed by atoms with E-state index in [2.05, 4.69) is 31.1 Å². The zero-order valence-corrected chi connectivity index (χ0v) is 11.5. The van der Waals surface area contributed by atoms with Crippen molar-refractivity contribution in [1.29, 1.82) is 0 Å². The first-order valence-corrected chi connectivity index (χ1v) is 7.18. The van der Waals surface area contributed by atoms with Crippen LogP contribution in [0.3, 0.4) is 0 Å². The number of rotatable bonds is 8. The van der Waals surface area contributed by atoms with Crippen LogP contribution < -0.4 is 5.32 Å². The summed E-state index contributed by atoms with van der Waals surface area (Å²) in [6.07, 6.45) is 9.71. The molecule has 16 heavy (non-hydrogen) atoms. The molecule has 1 unspecified atom stereocenters. The molecule has 1 atom stereocenters. The normalized spacial score (nSPS) is 19.5. The van der Waals surface area contributed by atoms with Crippen LogP contribution in [0, 0.1) is 0 Å². The minimum atomic E-state index is 0.685. The molecule has 0 heterocycles. The summed E-state index contributed by atoms with van der Waals surface area (Å²) in [5.41, 5.74) is 0. The second-order valence-corrected chi connectivity index (χ2v) is 5.36. The monoisotopic (exact) mass is 226 g/mol. The van der Waals surface area contributed by atoms with Crippen molar-refractivity contribution in [3.63, 3.8) is 0 Å². The smallest absolute Gasteiger partial charge is 0.0192 e. The molecule has 0 spiro atoms. The van der Waals surface area contributed by atoms with Crippen molar-refractivity contribution in [2.45, 2.75) is 70.9 Å². The Hall–Kier alpha value is -0.0800. The first-order chi connectivity index (χ1) is 7.75. The Morgan fingerprint density at radius 3 is 2.56 bits per heavy atom. The molecule has 2 heteroatoms. The SMILES string of the molecule is CCCCCNCC(C)N(C)C1CCCC1. The Kier molecular flexibility index (Phi) is 7.06. The molecule has 0 bridgehead atoms. The van der Waals surface area contributed by atoms with E-state index in [4.69, 9.17) is 0 Å². The lowest BCUT2D eigenvalue weighted by Gasteiger charge is -2.30. The quantitative estimate of drug-likeness (QED) is 0.640. The van der Waals surface area contributed by atoms with Gasteiger partial charge in [0, 0.05) is 18.6 Å². The summed E-state index contributed by atoms with van der Waals surface area (Å²) < 4.78 is 0. The third-order valence-electron chi connectivity index (χ3n) is 3.99. The predicted molar refractivity (Wildman–Crippen MR) is 71.9 cm³/mol. The first kappa shape index (κ1) is 14.0. The van der Waals surface area contributed by atoms with Crippen LogP contribution in [0.2, 0.25) is 0 Å². The maximum Gasteiger partial charge on any atom is 0.0192 e. The van der Waals surface area contributed by atoms with Crippen LogP contribution in [0.15, 0.2) is 0 Å². The van der Waals surface area contributed by atoms with E-state index in [1.807, 2.05) is 0 Å². The van der Waals surface area contributed by atoms with Crippen molar-refractivity contribution in [3.05, 3.63) is 0 Å². The second kappa shape index (κ2) is 8.08. The van der Waals surface area contributed by atoms with Gasteiger partial charge in [-0.15, -0.1) is 0 Å². The van der Waals surface area contributed by atoms with E-state index in [1.165, 1.54) is 51.5 Å². The van der Waals surface area contributed by atoms with Crippen LogP contribution in [-0.4, -0.2) is 37.1 Å². The lowest BCUT2D eigenvalue weighted by atomic mass is 10.1. The molecule has 0 saturated heterocycles. The molecular formula is C14H30N2. The summed E-state index contributed by atoms with van der Waals surface area (Å²) >= 11 is 0. The Morgan fingerprint density at radius 1 is 1.25 bits per heavy atom. The van der Waals surface area contributed by atoms with Crippen LogP contribution >= 0.6 is 0 Å². The minimum absolute atomic E-state index is 0.685. The van der Waals surface area contributed by atoms with E-state index < -0.39 is 0 Å². The lowest BCUT2D eigenvalue weighted by molar-refractivity contribution is 0.183. The summed E-state index contributed by atoms with van der Waals surface area (Å²) in [4.78, 5) is 2.58. The molecule has 1 rings (SSSR count). The van der Waals surface area contributed by atoms with Gasteiger partial charge in [-0.2, -0.15) is 0 Å². The third kappa shape index (κ3) is 4.84.